The molecule has 3 aromatic carbocycles. The summed E-state index contributed by atoms with van der Waals surface area (Å²) < 4.78 is 95.8. The van der Waals surface area contributed by atoms with Crippen molar-refractivity contribution in [3.05, 3.63) is 69.8 Å². The number of nitrogens with one attached hydrogen (secondary N) is 4. The van der Waals surface area contributed by atoms with E-state index >= 15 is 0 Å². The van der Waals surface area contributed by atoms with Crippen LogP contribution in [0.4, 0.5) is 49.1 Å². The second kappa shape index (κ2) is 23.3. The maximum atomic E-state index is 14.3. The molecule has 14 N–H and O–H groups in total. The van der Waals surface area contributed by atoms with E-state index in [1.165, 1.54) is 6.92 Å². The van der Waals surface area contributed by atoms with E-state index in [1.807, 2.05) is 0 Å². The predicted octanol–water partition coefficient (Wildman–Crippen LogP) is 5.02. The standard InChI is InChI=1S/C41H49F6N11O6/c1-22-28(55-34(59)11-5-8-14-53-38(49)50)16-23(40(42,43)44)17-29(22)57-36(61)26-20-27(33(64-3)21-32(26)63-2)37(62)58-31-19-24(41(45,46)47)18-30(25(31)10-4-7-13-48)56-35(60)12-6-9-15-54-39(51)52/h16-21H,5-9,11-15,48H2,1-3H3,(H,55,59)(H,56,60)(H,57,61)(H,58,62)(H4,49,50,53)(H4,51,52,54). The van der Waals surface area contributed by atoms with Gasteiger partial charge in [-0.3, -0.25) is 29.2 Å². The number of hydrogen-bond donors (Lipinski definition) is 9. The first kappa shape index (κ1) is 51.1. The molecule has 346 valence electrons. The minimum atomic E-state index is -4.98. The maximum absolute atomic E-state index is 14.3. The number of unbranched alkanes of at least 4 members (excludes halogenated alkanes) is 2. The van der Waals surface area contributed by atoms with Gasteiger partial charge < -0.3 is 59.4 Å². The van der Waals surface area contributed by atoms with Crippen molar-refractivity contribution in [3.8, 4) is 23.3 Å². The molecule has 0 fully saturated rings. The fourth-order valence-electron chi connectivity index (χ4n) is 5.77. The van der Waals surface area contributed by atoms with Gasteiger partial charge in [-0.1, -0.05) is 11.8 Å². The molecule has 0 bridgehead atoms. The SMILES string of the molecule is COc1cc(OC)c(C(=O)Nc2cc(C(F)(F)F)cc(NC(=O)CCCCN=C(N)N)c2C#CCCN)cc1C(=O)Nc1cc(C(F)(F)F)cc(NC(=O)CCCCN=C(N)N)c1C. The molecular formula is C41H49F6N11O6. The molecule has 3 aromatic rings. The lowest BCUT2D eigenvalue weighted by Crippen LogP contribution is -2.23. The molecule has 17 nitrogen and oxygen atoms in total. The van der Waals surface area contributed by atoms with Crippen molar-refractivity contribution in [1.29, 1.82) is 0 Å². The van der Waals surface area contributed by atoms with E-state index in [4.69, 9.17) is 38.1 Å². The van der Waals surface area contributed by atoms with Crippen LogP contribution in [0.5, 0.6) is 11.5 Å². The molecule has 4 amide bonds. The van der Waals surface area contributed by atoms with Crippen molar-refractivity contribution in [3.63, 3.8) is 0 Å². The van der Waals surface area contributed by atoms with Crippen molar-refractivity contribution in [2.24, 2.45) is 38.7 Å². The van der Waals surface area contributed by atoms with E-state index < -0.39 is 63.9 Å². The number of nitrogens with zero attached hydrogens (tertiary/aromatic N) is 2. The van der Waals surface area contributed by atoms with Crippen molar-refractivity contribution in [1.82, 2.24) is 0 Å². The summed E-state index contributed by atoms with van der Waals surface area (Å²) in [7, 11) is 2.30. The smallest absolute Gasteiger partial charge is 0.416 e. The Hall–Kier alpha value is -7.22. The quantitative estimate of drug-likeness (QED) is 0.0253. The van der Waals surface area contributed by atoms with Crippen LogP contribution in [0.15, 0.2) is 46.4 Å². The number of methoxy groups -OCH3 is 2. The summed E-state index contributed by atoms with van der Waals surface area (Å²) >= 11 is 0. The molecule has 23 heteroatoms. The summed E-state index contributed by atoms with van der Waals surface area (Å²) in [6.07, 6.45) is -8.70. The lowest BCUT2D eigenvalue weighted by Gasteiger charge is -2.19. The lowest BCUT2D eigenvalue weighted by molar-refractivity contribution is -0.138. The first-order chi connectivity index (χ1) is 30.1. The number of benzene rings is 3. The molecule has 0 heterocycles. The molecule has 0 aliphatic rings. The molecule has 0 radical (unpaired) electrons. The Balaban J connectivity index is 2.06. The number of anilines is 4. The Morgan fingerprint density at radius 1 is 0.625 bits per heavy atom. The van der Waals surface area contributed by atoms with Crippen LogP contribution < -0.4 is 59.4 Å². The van der Waals surface area contributed by atoms with Crippen molar-refractivity contribution in [2.75, 3.05) is 55.1 Å². The topological polar surface area (TPSA) is 290 Å². The van der Waals surface area contributed by atoms with Crippen LogP contribution in [0.2, 0.25) is 0 Å². The molecule has 0 unspecified atom stereocenters. The van der Waals surface area contributed by atoms with Gasteiger partial charge in [0.05, 0.1) is 53.4 Å². The van der Waals surface area contributed by atoms with Gasteiger partial charge in [-0.05, 0) is 68.5 Å². The van der Waals surface area contributed by atoms with Gasteiger partial charge in [-0.2, -0.15) is 26.3 Å². The first-order valence-corrected chi connectivity index (χ1v) is 19.3. The molecule has 0 atom stereocenters. The van der Waals surface area contributed by atoms with Gasteiger partial charge in [-0.25, -0.2) is 0 Å². The number of alkyl halides is 6. The van der Waals surface area contributed by atoms with Crippen molar-refractivity contribution in [2.45, 2.75) is 64.2 Å². The fourth-order valence-corrected chi connectivity index (χ4v) is 5.77. The van der Waals surface area contributed by atoms with Gasteiger partial charge >= 0.3 is 12.4 Å². The maximum Gasteiger partial charge on any atom is 0.416 e. The van der Waals surface area contributed by atoms with Gasteiger partial charge in [-0.15, -0.1) is 0 Å². The van der Waals surface area contributed by atoms with E-state index in [0.717, 1.165) is 26.4 Å². The number of carbonyl (C=O) groups excluding carboxylic acids is 4. The van der Waals surface area contributed by atoms with Crippen LogP contribution in [-0.4, -0.2) is 69.4 Å². The van der Waals surface area contributed by atoms with E-state index in [2.05, 4.69) is 43.1 Å². The number of nitrogens with two attached hydrogens (primary N) is 5. The summed E-state index contributed by atoms with van der Waals surface area (Å²) in [5.41, 5.74) is 21.7. The van der Waals surface area contributed by atoms with Crippen molar-refractivity contribution >= 4 is 58.3 Å². The molecule has 0 saturated carbocycles. The van der Waals surface area contributed by atoms with E-state index in [9.17, 15) is 45.5 Å². The number of rotatable bonds is 19. The lowest BCUT2D eigenvalue weighted by atomic mass is 10.0. The Morgan fingerprint density at radius 2 is 1.03 bits per heavy atom. The number of amides is 4. The predicted molar refractivity (Wildman–Crippen MR) is 230 cm³/mol. The van der Waals surface area contributed by atoms with E-state index in [-0.39, 0.29) is 96.9 Å². The number of aliphatic imine (C=N–C) groups is 2. The Morgan fingerprint density at radius 3 is 1.45 bits per heavy atom. The number of guanidine groups is 2. The Bertz CT molecular complexity index is 2310. The monoisotopic (exact) mass is 905 g/mol. The van der Waals surface area contributed by atoms with Crippen LogP contribution in [0.3, 0.4) is 0 Å². The summed E-state index contributed by atoms with van der Waals surface area (Å²) in [5, 5.41) is 9.60. The molecule has 0 saturated heterocycles. The van der Waals surface area contributed by atoms with E-state index in [0.29, 0.717) is 43.5 Å². The summed E-state index contributed by atoms with van der Waals surface area (Å²) in [4.78, 5) is 61.2. The Labute approximate surface area is 363 Å². The van der Waals surface area contributed by atoms with E-state index in [1.54, 1.807) is 0 Å². The minimum absolute atomic E-state index is 0.0299. The van der Waals surface area contributed by atoms with Gasteiger partial charge in [0.2, 0.25) is 11.8 Å². The highest BCUT2D eigenvalue weighted by molar-refractivity contribution is 6.12. The second-order valence-corrected chi connectivity index (χ2v) is 13.8. The molecule has 0 aromatic heterocycles. The summed E-state index contributed by atoms with van der Waals surface area (Å²) in [6, 6.07) is 4.66. The molecule has 0 aliphatic heterocycles. The van der Waals surface area contributed by atoms with Crippen LogP contribution in [0.25, 0.3) is 0 Å². The van der Waals surface area contributed by atoms with Gasteiger partial charge in [0.15, 0.2) is 11.9 Å². The van der Waals surface area contributed by atoms with Gasteiger partial charge in [0.25, 0.3) is 11.8 Å². The highest BCUT2D eigenvalue weighted by atomic mass is 19.4. The fraction of sp³-hybridized carbons (Fsp3) is 0.366. The highest BCUT2D eigenvalue weighted by Gasteiger charge is 2.34. The average Bonchev–Trinajstić information content (AvgIpc) is 3.21. The van der Waals surface area contributed by atoms with Gasteiger partial charge in [0.1, 0.15) is 11.5 Å². The van der Waals surface area contributed by atoms with Crippen LogP contribution in [-0.2, 0) is 21.9 Å². The molecule has 3 rings (SSSR count). The number of halogens is 6. The summed E-state index contributed by atoms with van der Waals surface area (Å²) in [5.74, 6) is 1.07. The van der Waals surface area contributed by atoms with Crippen molar-refractivity contribution < 1.29 is 55.0 Å². The van der Waals surface area contributed by atoms with Gasteiger partial charge in [0, 0.05) is 56.3 Å². The number of carbonyl (C=O) groups is 4. The van der Waals surface area contributed by atoms with Crippen LogP contribution in [0.1, 0.15) is 87.9 Å². The van der Waals surface area contributed by atoms with Crippen LogP contribution in [0, 0.1) is 18.8 Å². The normalized spacial score (nSPS) is 11.0. The zero-order valence-corrected chi connectivity index (χ0v) is 35.0. The molecular weight excluding hydrogens is 857 g/mol. The van der Waals surface area contributed by atoms with Crippen LogP contribution >= 0.6 is 0 Å². The zero-order valence-electron chi connectivity index (χ0n) is 35.0. The summed E-state index contributed by atoms with van der Waals surface area (Å²) in [6.45, 7) is 1.86. The third kappa shape index (κ3) is 15.3. The highest BCUT2D eigenvalue weighted by Crippen LogP contribution is 2.39. The Kier molecular flexibility index (Phi) is 18.6. The minimum Gasteiger partial charge on any atom is -0.496 e. The average molecular weight is 906 g/mol. The third-order valence-corrected chi connectivity index (χ3v) is 8.95. The molecule has 0 spiro atoms. The first-order valence-electron chi connectivity index (χ1n) is 19.3. The third-order valence-electron chi connectivity index (χ3n) is 8.95. The zero-order chi connectivity index (χ0) is 47.8. The largest absolute Gasteiger partial charge is 0.496 e. The second-order valence-electron chi connectivity index (χ2n) is 13.8. The number of ether oxygens (including phenoxy) is 2. The molecule has 0 aliphatic carbocycles. The number of hydrogen-bond acceptors (Lipinski definition) is 9. The molecule has 64 heavy (non-hydrogen) atoms.